The number of hydrogen-bond donors (Lipinski definition) is 3. The summed E-state index contributed by atoms with van der Waals surface area (Å²) in [5.74, 6) is 0.911. The van der Waals surface area contributed by atoms with E-state index in [4.69, 9.17) is 0 Å². The zero-order chi connectivity index (χ0) is 17.6. The number of carbonyl (C=O) groups is 1. The van der Waals surface area contributed by atoms with Gasteiger partial charge < -0.3 is 20.6 Å². The molecule has 2 saturated carbocycles. The maximum atomic E-state index is 12.6. The molecule has 6 heteroatoms. The van der Waals surface area contributed by atoms with Gasteiger partial charge in [0, 0.05) is 27.2 Å². The van der Waals surface area contributed by atoms with Crippen molar-refractivity contribution in [2.24, 2.45) is 10.4 Å². The van der Waals surface area contributed by atoms with E-state index < -0.39 is 5.60 Å². The van der Waals surface area contributed by atoms with Gasteiger partial charge in [-0.1, -0.05) is 25.7 Å². The van der Waals surface area contributed by atoms with Crippen LogP contribution in [0.5, 0.6) is 0 Å². The highest BCUT2D eigenvalue weighted by molar-refractivity contribution is 5.85. The van der Waals surface area contributed by atoms with Crippen molar-refractivity contribution in [2.45, 2.75) is 63.9 Å². The number of carbonyl (C=O) groups excluding carboxylic acids is 1. The predicted octanol–water partition coefficient (Wildman–Crippen LogP) is 1.50. The number of rotatable bonds is 6. The Labute approximate surface area is 146 Å². The Morgan fingerprint density at radius 3 is 2.21 bits per heavy atom. The van der Waals surface area contributed by atoms with Crippen molar-refractivity contribution in [3.8, 4) is 0 Å². The fraction of sp³-hybridized carbons (Fsp3) is 0.889. The maximum absolute atomic E-state index is 12.6. The zero-order valence-electron chi connectivity index (χ0n) is 15.5. The fourth-order valence-corrected chi connectivity index (χ4v) is 4.00. The molecule has 0 unspecified atom stereocenters. The highest BCUT2D eigenvalue weighted by atomic mass is 16.3. The number of hydrogen-bond acceptors (Lipinski definition) is 3. The van der Waals surface area contributed by atoms with Gasteiger partial charge in [-0.3, -0.25) is 9.79 Å². The van der Waals surface area contributed by atoms with E-state index in [9.17, 15) is 9.90 Å². The fourth-order valence-electron chi connectivity index (χ4n) is 4.00. The van der Waals surface area contributed by atoms with Gasteiger partial charge in [-0.25, -0.2) is 0 Å². The molecule has 0 aromatic carbocycles. The van der Waals surface area contributed by atoms with E-state index in [0.29, 0.717) is 19.0 Å². The van der Waals surface area contributed by atoms with Crippen molar-refractivity contribution in [2.75, 3.05) is 33.7 Å². The van der Waals surface area contributed by atoms with Crippen LogP contribution in [0.4, 0.5) is 0 Å². The van der Waals surface area contributed by atoms with Crippen LogP contribution in [0.3, 0.4) is 0 Å². The monoisotopic (exact) mass is 338 g/mol. The lowest BCUT2D eigenvalue weighted by molar-refractivity contribution is -0.138. The lowest BCUT2D eigenvalue weighted by Gasteiger charge is -2.31. The first kappa shape index (κ1) is 19.0. The normalized spacial score (nSPS) is 22.4. The number of nitrogens with one attached hydrogen (secondary N) is 2. The van der Waals surface area contributed by atoms with Crippen LogP contribution in [0.1, 0.15) is 58.3 Å². The Balaban J connectivity index is 1.99. The Morgan fingerprint density at radius 1 is 1.08 bits per heavy atom. The van der Waals surface area contributed by atoms with Crippen LogP contribution >= 0.6 is 0 Å². The lowest BCUT2D eigenvalue weighted by Crippen LogP contribution is -2.49. The quantitative estimate of drug-likeness (QED) is 0.507. The van der Waals surface area contributed by atoms with Crippen molar-refractivity contribution in [1.29, 1.82) is 0 Å². The van der Waals surface area contributed by atoms with Gasteiger partial charge in [-0.05, 0) is 32.6 Å². The third kappa shape index (κ3) is 4.62. The van der Waals surface area contributed by atoms with Gasteiger partial charge in [-0.15, -0.1) is 0 Å². The second-order valence-electron chi connectivity index (χ2n) is 7.67. The third-order valence-corrected chi connectivity index (χ3v) is 5.42. The number of guanidine groups is 1. The highest BCUT2D eigenvalue weighted by Gasteiger charge is 2.42. The largest absolute Gasteiger partial charge is 0.388 e. The summed E-state index contributed by atoms with van der Waals surface area (Å²) in [6.07, 6.45) is 7.90. The van der Waals surface area contributed by atoms with Crippen LogP contribution in [0.2, 0.25) is 0 Å². The van der Waals surface area contributed by atoms with Crippen molar-refractivity contribution in [3.63, 3.8) is 0 Å². The summed E-state index contributed by atoms with van der Waals surface area (Å²) in [7, 11) is 3.66. The molecule has 2 aliphatic carbocycles. The minimum atomic E-state index is -0.646. The molecule has 2 fully saturated rings. The molecule has 0 aliphatic heterocycles. The standard InChI is InChI=1S/C18H34N4O2/c1-4-19-16(21-14-18(24)11-7-8-12-18)20-13-17(9-5-6-10-17)15(23)22(2)3/h24H,4-14H2,1-3H3,(H2,19,20,21). The summed E-state index contributed by atoms with van der Waals surface area (Å²) in [5, 5.41) is 17.1. The molecule has 1 amide bonds. The minimum absolute atomic E-state index is 0.206. The number of amides is 1. The molecule has 24 heavy (non-hydrogen) atoms. The first-order valence-corrected chi connectivity index (χ1v) is 9.37. The second kappa shape index (κ2) is 8.19. The first-order chi connectivity index (χ1) is 11.4. The SMILES string of the molecule is CCNC(=NCC1(O)CCCC1)NCC1(C(=O)N(C)C)CCCC1. The maximum Gasteiger partial charge on any atom is 0.230 e. The van der Waals surface area contributed by atoms with Crippen LogP contribution in [0, 0.1) is 5.41 Å². The summed E-state index contributed by atoms with van der Waals surface area (Å²) >= 11 is 0. The van der Waals surface area contributed by atoms with Crippen LogP contribution in [-0.4, -0.2) is 61.2 Å². The smallest absolute Gasteiger partial charge is 0.230 e. The van der Waals surface area contributed by atoms with E-state index in [1.807, 2.05) is 21.0 Å². The Kier molecular flexibility index (Phi) is 6.49. The molecule has 6 nitrogen and oxygen atoms in total. The first-order valence-electron chi connectivity index (χ1n) is 9.37. The molecule has 0 atom stereocenters. The molecule has 0 saturated heterocycles. The molecule has 138 valence electrons. The summed E-state index contributed by atoms with van der Waals surface area (Å²) in [5.41, 5.74) is -0.962. The summed E-state index contributed by atoms with van der Waals surface area (Å²) in [6, 6.07) is 0. The van der Waals surface area contributed by atoms with E-state index >= 15 is 0 Å². The second-order valence-corrected chi connectivity index (χ2v) is 7.67. The van der Waals surface area contributed by atoms with E-state index in [2.05, 4.69) is 15.6 Å². The molecule has 2 aliphatic rings. The Bertz CT molecular complexity index is 450. The van der Waals surface area contributed by atoms with Gasteiger partial charge in [0.1, 0.15) is 0 Å². The van der Waals surface area contributed by atoms with Gasteiger partial charge in [0.2, 0.25) is 5.91 Å². The molecule has 2 rings (SSSR count). The summed E-state index contributed by atoms with van der Waals surface area (Å²) in [4.78, 5) is 18.9. The van der Waals surface area contributed by atoms with E-state index in [1.165, 1.54) is 0 Å². The third-order valence-electron chi connectivity index (χ3n) is 5.42. The molecular weight excluding hydrogens is 304 g/mol. The Hall–Kier alpha value is -1.30. The molecule has 0 bridgehead atoms. The van der Waals surface area contributed by atoms with E-state index in [1.54, 1.807) is 4.90 Å². The summed E-state index contributed by atoms with van der Waals surface area (Å²) in [6.45, 7) is 3.82. The number of nitrogens with zero attached hydrogens (tertiary/aromatic N) is 2. The topological polar surface area (TPSA) is 77.0 Å². The average molecular weight is 338 g/mol. The molecule has 0 heterocycles. The van der Waals surface area contributed by atoms with E-state index in [0.717, 1.165) is 57.9 Å². The minimum Gasteiger partial charge on any atom is -0.388 e. The van der Waals surface area contributed by atoms with Crippen molar-refractivity contribution < 1.29 is 9.90 Å². The van der Waals surface area contributed by atoms with Crippen LogP contribution in [-0.2, 0) is 4.79 Å². The van der Waals surface area contributed by atoms with Crippen LogP contribution < -0.4 is 10.6 Å². The number of aliphatic hydroxyl groups is 1. The van der Waals surface area contributed by atoms with Crippen molar-refractivity contribution in [3.05, 3.63) is 0 Å². The Morgan fingerprint density at radius 2 is 1.67 bits per heavy atom. The zero-order valence-corrected chi connectivity index (χ0v) is 15.5. The van der Waals surface area contributed by atoms with Crippen LogP contribution in [0.25, 0.3) is 0 Å². The van der Waals surface area contributed by atoms with Gasteiger partial charge in [-0.2, -0.15) is 0 Å². The molecule has 0 aromatic rings. The highest BCUT2D eigenvalue weighted by Crippen LogP contribution is 2.39. The van der Waals surface area contributed by atoms with Crippen molar-refractivity contribution in [1.82, 2.24) is 15.5 Å². The molecule has 0 aromatic heterocycles. The average Bonchev–Trinajstić information content (AvgIpc) is 3.20. The van der Waals surface area contributed by atoms with Crippen LogP contribution in [0.15, 0.2) is 4.99 Å². The van der Waals surface area contributed by atoms with Gasteiger partial charge in [0.15, 0.2) is 5.96 Å². The summed E-state index contributed by atoms with van der Waals surface area (Å²) < 4.78 is 0. The van der Waals surface area contributed by atoms with Gasteiger partial charge >= 0.3 is 0 Å². The van der Waals surface area contributed by atoms with E-state index in [-0.39, 0.29) is 11.3 Å². The van der Waals surface area contributed by atoms with Crippen molar-refractivity contribution >= 4 is 11.9 Å². The predicted molar refractivity (Wildman–Crippen MR) is 97.0 cm³/mol. The molecule has 0 spiro atoms. The van der Waals surface area contributed by atoms with Gasteiger partial charge in [0.25, 0.3) is 0 Å². The molecule has 0 radical (unpaired) electrons. The number of aliphatic imine (C=N–C) groups is 1. The molecule has 3 N–H and O–H groups in total. The lowest BCUT2D eigenvalue weighted by atomic mass is 9.84. The van der Waals surface area contributed by atoms with Gasteiger partial charge in [0.05, 0.1) is 17.6 Å². The molecular formula is C18H34N4O2.